The van der Waals surface area contributed by atoms with Gasteiger partial charge in [-0.05, 0) is 37.0 Å². The van der Waals surface area contributed by atoms with Crippen molar-refractivity contribution in [2.75, 3.05) is 5.32 Å². The van der Waals surface area contributed by atoms with Gasteiger partial charge in [-0.15, -0.1) is 0 Å². The number of rotatable bonds is 1. The summed E-state index contributed by atoms with van der Waals surface area (Å²) in [6, 6.07) is 7.85. The third-order valence-electron chi connectivity index (χ3n) is 4.39. The molecule has 0 spiro atoms. The highest BCUT2D eigenvalue weighted by atomic mass is 79.9. The summed E-state index contributed by atoms with van der Waals surface area (Å²) in [5.41, 5.74) is 2.87. The molecule has 1 aromatic heterocycles. The molecule has 118 valence electrons. The van der Waals surface area contributed by atoms with Gasteiger partial charge in [-0.3, -0.25) is 4.79 Å². The zero-order valence-electron chi connectivity index (χ0n) is 13.0. The van der Waals surface area contributed by atoms with Gasteiger partial charge in [-0.1, -0.05) is 35.0 Å². The second kappa shape index (κ2) is 5.30. The van der Waals surface area contributed by atoms with Crippen LogP contribution in [0, 0.1) is 12.8 Å². The first-order valence-electron chi connectivity index (χ1n) is 7.75. The molecule has 0 bridgehead atoms. The zero-order chi connectivity index (χ0) is 16.1. The Morgan fingerprint density at radius 3 is 2.96 bits per heavy atom. The number of nitrogens with zero attached hydrogens (tertiary/aromatic N) is 3. The molecule has 4 rings (SSSR count). The van der Waals surface area contributed by atoms with Crippen LogP contribution in [0.15, 0.2) is 40.0 Å². The molecule has 0 unspecified atom stereocenters. The lowest BCUT2D eigenvalue weighted by atomic mass is 9.81. The first kappa shape index (κ1) is 14.6. The summed E-state index contributed by atoms with van der Waals surface area (Å²) in [5, 5.41) is 7.86. The fourth-order valence-corrected chi connectivity index (χ4v) is 3.92. The molecule has 1 N–H and O–H groups in total. The van der Waals surface area contributed by atoms with Crippen LogP contribution in [0.2, 0.25) is 0 Å². The maximum Gasteiger partial charge on any atom is 0.226 e. The molecule has 23 heavy (non-hydrogen) atoms. The average molecular weight is 373 g/mol. The van der Waals surface area contributed by atoms with Gasteiger partial charge in [0, 0.05) is 22.2 Å². The summed E-state index contributed by atoms with van der Waals surface area (Å²) in [6.07, 6.45) is 1.46. The van der Waals surface area contributed by atoms with Crippen molar-refractivity contribution in [3.8, 4) is 0 Å². The van der Waals surface area contributed by atoms with Crippen molar-refractivity contribution in [1.29, 1.82) is 0 Å². The Hall–Kier alpha value is -1.95. The third kappa shape index (κ3) is 2.41. The number of fused-ring (bicyclic) bond motifs is 1. The van der Waals surface area contributed by atoms with E-state index in [0.717, 1.165) is 27.7 Å². The van der Waals surface area contributed by atoms with E-state index in [2.05, 4.69) is 38.3 Å². The second-order valence-electron chi connectivity index (χ2n) is 6.34. The van der Waals surface area contributed by atoms with Gasteiger partial charge in [0.15, 0.2) is 5.78 Å². The molecule has 2 heterocycles. The molecule has 0 radical (unpaired) electrons. The number of hydrogen-bond donors (Lipinski definition) is 1. The smallest absolute Gasteiger partial charge is 0.226 e. The van der Waals surface area contributed by atoms with Crippen LogP contribution in [0.25, 0.3) is 0 Å². The number of ketones is 1. The molecule has 2 aliphatic rings. The van der Waals surface area contributed by atoms with Crippen LogP contribution in [-0.2, 0) is 4.79 Å². The highest BCUT2D eigenvalue weighted by molar-refractivity contribution is 9.10. The Morgan fingerprint density at radius 2 is 2.17 bits per heavy atom. The van der Waals surface area contributed by atoms with Crippen LogP contribution in [0.4, 0.5) is 5.95 Å². The first-order valence-corrected chi connectivity index (χ1v) is 8.54. The van der Waals surface area contributed by atoms with E-state index in [1.54, 1.807) is 0 Å². The van der Waals surface area contributed by atoms with Crippen LogP contribution < -0.4 is 5.32 Å². The minimum absolute atomic E-state index is 0.204. The van der Waals surface area contributed by atoms with Crippen LogP contribution in [0.5, 0.6) is 0 Å². The summed E-state index contributed by atoms with van der Waals surface area (Å²) >= 11 is 3.52. The van der Waals surface area contributed by atoms with Gasteiger partial charge < -0.3 is 5.32 Å². The van der Waals surface area contributed by atoms with E-state index in [-0.39, 0.29) is 11.8 Å². The van der Waals surface area contributed by atoms with Crippen molar-refractivity contribution in [2.24, 2.45) is 5.92 Å². The fourth-order valence-electron chi connectivity index (χ4n) is 3.50. The number of hydrogen-bond acceptors (Lipinski definition) is 4. The molecule has 1 aliphatic carbocycles. The van der Waals surface area contributed by atoms with Crippen LogP contribution in [0.3, 0.4) is 0 Å². The van der Waals surface area contributed by atoms with Gasteiger partial charge >= 0.3 is 0 Å². The van der Waals surface area contributed by atoms with Crippen molar-refractivity contribution in [2.45, 2.75) is 32.7 Å². The monoisotopic (exact) mass is 372 g/mol. The molecule has 1 aromatic carbocycles. The number of anilines is 1. The number of aromatic nitrogens is 3. The summed E-state index contributed by atoms with van der Waals surface area (Å²) in [6.45, 7) is 3.98. The molecule has 0 fully saturated rings. The largest absolute Gasteiger partial charge is 0.328 e. The maximum absolute atomic E-state index is 12.8. The Bertz CT molecular complexity index is 839. The highest BCUT2D eigenvalue weighted by Crippen LogP contribution is 2.41. The number of carbonyl (C=O) groups is 1. The summed E-state index contributed by atoms with van der Waals surface area (Å²) in [5.74, 6) is 1.98. The molecule has 0 saturated carbocycles. The average Bonchev–Trinajstić information content (AvgIpc) is 2.84. The molecule has 2 atom stereocenters. The molecule has 0 saturated heterocycles. The molecular formula is C17H17BrN4O. The van der Waals surface area contributed by atoms with E-state index < -0.39 is 0 Å². The van der Waals surface area contributed by atoms with Gasteiger partial charge in [-0.25, -0.2) is 4.68 Å². The van der Waals surface area contributed by atoms with E-state index in [0.29, 0.717) is 24.1 Å². The highest BCUT2D eigenvalue weighted by Gasteiger charge is 2.38. The minimum Gasteiger partial charge on any atom is -0.328 e. The quantitative estimate of drug-likeness (QED) is 0.830. The number of halogens is 1. The third-order valence-corrected chi connectivity index (χ3v) is 4.89. The van der Waals surface area contributed by atoms with Gasteiger partial charge in [0.05, 0.1) is 0 Å². The minimum atomic E-state index is -0.208. The van der Waals surface area contributed by atoms with E-state index in [1.807, 2.05) is 35.9 Å². The lowest BCUT2D eigenvalue weighted by molar-refractivity contribution is -0.117. The standard InChI is InChI=1S/C17H17BrN4O/c1-9-6-13-15(14(23)7-9)16(11-4-3-5-12(18)8-11)22-17(20-13)19-10(2)21-22/h3-5,8-9,16H,6-7H2,1-2H3,(H,19,20,21)/t9-,16+/m1/s1. The van der Waals surface area contributed by atoms with E-state index >= 15 is 0 Å². The topological polar surface area (TPSA) is 59.8 Å². The normalized spacial score (nSPS) is 23.3. The van der Waals surface area contributed by atoms with Crippen molar-refractivity contribution in [3.63, 3.8) is 0 Å². The molecule has 0 amide bonds. The Labute approximate surface area is 142 Å². The first-order chi connectivity index (χ1) is 11.0. The van der Waals surface area contributed by atoms with Gasteiger partial charge in [0.25, 0.3) is 0 Å². The predicted octanol–water partition coefficient (Wildman–Crippen LogP) is 3.62. The number of nitrogens with one attached hydrogen (secondary N) is 1. The fraction of sp³-hybridized carbons (Fsp3) is 0.353. The zero-order valence-corrected chi connectivity index (χ0v) is 14.6. The Kier molecular flexibility index (Phi) is 3.37. The molecule has 6 heteroatoms. The van der Waals surface area contributed by atoms with Crippen LogP contribution in [-0.4, -0.2) is 20.5 Å². The van der Waals surface area contributed by atoms with Crippen molar-refractivity contribution in [3.05, 3.63) is 51.4 Å². The summed E-state index contributed by atoms with van der Waals surface area (Å²) in [7, 11) is 0. The number of Topliss-reactive ketones (excluding diaryl/α,β-unsaturated/α-hetero) is 1. The SMILES string of the molecule is Cc1nc2n(n1)[C@@H](c1cccc(Br)c1)C1=C(C[C@@H](C)CC1=O)N2. The number of allylic oxidation sites excluding steroid dienone is 2. The van der Waals surface area contributed by atoms with Crippen LogP contribution in [0.1, 0.15) is 37.2 Å². The van der Waals surface area contributed by atoms with Crippen molar-refractivity contribution >= 4 is 27.7 Å². The van der Waals surface area contributed by atoms with Gasteiger partial charge in [0.2, 0.25) is 5.95 Å². The lowest BCUT2D eigenvalue weighted by Crippen LogP contribution is -2.33. The number of carbonyl (C=O) groups excluding carboxylic acids is 1. The number of benzene rings is 1. The summed E-state index contributed by atoms with van der Waals surface area (Å²) in [4.78, 5) is 17.2. The second-order valence-corrected chi connectivity index (χ2v) is 7.25. The van der Waals surface area contributed by atoms with Gasteiger partial charge in [-0.2, -0.15) is 10.1 Å². The Balaban J connectivity index is 1.93. The maximum atomic E-state index is 12.8. The van der Waals surface area contributed by atoms with E-state index in [4.69, 9.17) is 0 Å². The van der Waals surface area contributed by atoms with Crippen molar-refractivity contribution in [1.82, 2.24) is 14.8 Å². The number of aryl methyl sites for hydroxylation is 1. The van der Waals surface area contributed by atoms with E-state index in [9.17, 15) is 4.79 Å². The van der Waals surface area contributed by atoms with Crippen molar-refractivity contribution < 1.29 is 4.79 Å². The predicted molar refractivity (Wildman–Crippen MR) is 91.1 cm³/mol. The molecule has 5 nitrogen and oxygen atoms in total. The Morgan fingerprint density at radius 1 is 1.35 bits per heavy atom. The van der Waals surface area contributed by atoms with Crippen LogP contribution >= 0.6 is 15.9 Å². The molecular weight excluding hydrogens is 356 g/mol. The van der Waals surface area contributed by atoms with E-state index in [1.165, 1.54) is 0 Å². The molecule has 2 aromatic rings. The van der Waals surface area contributed by atoms with Gasteiger partial charge in [0.1, 0.15) is 11.9 Å². The lowest BCUT2D eigenvalue weighted by Gasteiger charge is -2.34. The summed E-state index contributed by atoms with van der Waals surface area (Å²) < 4.78 is 2.83. The molecule has 1 aliphatic heterocycles.